The van der Waals surface area contributed by atoms with E-state index in [9.17, 15) is 22.0 Å². The van der Waals surface area contributed by atoms with Gasteiger partial charge >= 0.3 is 12.0 Å². The van der Waals surface area contributed by atoms with Crippen LogP contribution in [-0.4, -0.2) is 32.1 Å². The Morgan fingerprint density at radius 3 is 2.21 bits per heavy atom. The van der Waals surface area contributed by atoms with Crippen LogP contribution in [0.1, 0.15) is 0 Å². The minimum absolute atomic E-state index is 0.304. The molecule has 0 aliphatic rings. The molecule has 0 fully saturated rings. The van der Waals surface area contributed by atoms with Crippen molar-refractivity contribution in [3.05, 3.63) is 12.7 Å². The van der Waals surface area contributed by atoms with E-state index in [1.165, 1.54) is 0 Å². The van der Waals surface area contributed by atoms with Gasteiger partial charge in [-0.1, -0.05) is 6.08 Å². The number of rotatable bonds is 7. The molecule has 0 aromatic carbocycles. The highest BCUT2D eigenvalue weighted by atomic mass is 19.3. The fourth-order valence-electron chi connectivity index (χ4n) is 0.529. The summed E-state index contributed by atoms with van der Waals surface area (Å²) in [5.41, 5.74) is 0. The molecule has 7 heteroatoms. The van der Waals surface area contributed by atoms with Crippen LogP contribution >= 0.6 is 0 Å². The maximum absolute atomic E-state index is 12.5. The van der Waals surface area contributed by atoms with Crippen LogP contribution in [-0.2, 0) is 9.47 Å². The van der Waals surface area contributed by atoms with E-state index in [4.69, 9.17) is 0 Å². The molecule has 0 aliphatic carbocycles. The second-order valence-corrected chi connectivity index (χ2v) is 2.28. The lowest BCUT2D eigenvalue weighted by Crippen LogP contribution is -2.46. The first-order valence-electron chi connectivity index (χ1n) is 3.51. The van der Waals surface area contributed by atoms with E-state index in [-0.39, 0.29) is 6.61 Å². The maximum Gasteiger partial charge on any atom is 0.424 e. The van der Waals surface area contributed by atoms with Crippen LogP contribution in [0.4, 0.5) is 22.0 Å². The van der Waals surface area contributed by atoms with Crippen LogP contribution in [0, 0.1) is 0 Å². The zero-order valence-electron chi connectivity index (χ0n) is 7.11. The van der Waals surface area contributed by atoms with Gasteiger partial charge in [0.1, 0.15) is 6.61 Å². The Kier molecular flexibility index (Phi) is 5.00. The van der Waals surface area contributed by atoms with Gasteiger partial charge in [0.25, 0.3) is 0 Å². The predicted molar refractivity (Wildman–Crippen MR) is 38.0 cm³/mol. The van der Waals surface area contributed by atoms with E-state index < -0.39 is 25.5 Å². The molecular formula is C7H9F5O2. The Morgan fingerprint density at radius 1 is 1.21 bits per heavy atom. The highest BCUT2D eigenvalue weighted by molar-refractivity contribution is 4.77. The molecule has 0 aliphatic heterocycles. The molecule has 0 unspecified atom stereocenters. The smallest absolute Gasteiger partial charge is 0.371 e. The van der Waals surface area contributed by atoms with E-state index in [1.54, 1.807) is 0 Å². The van der Waals surface area contributed by atoms with Gasteiger partial charge in [0.05, 0.1) is 6.61 Å². The molecule has 0 N–H and O–H groups in total. The van der Waals surface area contributed by atoms with Crippen LogP contribution in [0.5, 0.6) is 0 Å². The number of hydrogen-bond acceptors (Lipinski definition) is 2. The highest BCUT2D eigenvalue weighted by Gasteiger charge is 2.58. The molecule has 0 saturated carbocycles. The third kappa shape index (κ3) is 3.59. The fourth-order valence-corrected chi connectivity index (χ4v) is 0.529. The first-order chi connectivity index (χ1) is 6.37. The maximum atomic E-state index is 12.5. The van der Waals surface area contributed by atoms with Crippen molar-refractivity contribution in [2.24, 2.45) is 0 Å². The molecule has 14 heavy (non-hydrogen) atoms. The minimum Gasteiger partial charge on any atom is -0.371 e. The minimum atomic E-state index is -4.87. The summed E-state index contributed by atoms with van der Waals surface area (Å²) in [7, 11) is 0. The normalized spacial score (nSPS) is 12.9. The van der Waals surface area contributed by atoms with Gasteiger partial charge in [0, 0.05) is 0 Å². The van der Waals surface area contributed by atoms with Gasteiger partial charge < -0.3 is 4.74 Å². The molecule has 84 valence electrons. The van der Waals surface area contributed by atoms with Crippen molar-refractivity contribution in [2.45, 2.75) is 12.0 Å². The van der Waals surface area contributed by atoms with Crippen molar-refractivity contribution < 1.29 is 31.4 Å². The van der Waals surface area contributed by atoms with Crippen molar-refractivity contribution in [1.82, 2.24) is 0 Å². The van der Waals surface area contributed by atoms with Gasteiger partial charge in [0.2, 0.25) is 0 Å². The van der Waals surface area contributed by atoms with Gasteiger partial charge in [-0.2, -0.15) is 17.6 Å². The summed E-state index contributed by atoms with van der Waals surface area (Å²) in [4.78, 5) is 0. The molecule has 0 amide bonds. The Morgan fingerprint density at radius 2 is 1.79 bits per heavy atom. The largest absolute Gasteiger partial charge is 0.424 e. The molecule has 0 rings (SSSR count). The standard InChI is InChI=1S/C7H9F5O2/c1-2-3-13-4-6(9,10)7(11,12)14-5-8/h2H,1,3-5H2. The average molecular weight is 220 g/mol. The quantitative estimate of drug-likeness (QED) is 0.372. The van der Waals surface area contributed by atoms with Crippen LogP contribution in [0.2, 0.25) is 0 Å². The summed E-state index contributed by atoms with van der Waals surface area (Å²) in [6.07, 6.45) is -3.76. The van der Waals surface area contributed by atoms with Crippen LogP contribution in [0.25, 0.3) is 0 Å². The number of hydrogen-bond donors (Lipinski definition) is 0. The second-order valence-electron chi connectivity index (χ2n) is 2.28. The first-order valence-corrected chi connectivity index (χ1v) is 3.51. The fraction of sp³-hybridized carbons (Fsp3) is 0.714. The van der Waals surface area contributed by atoms with E-state index in [0.29, 0.717) is 0 Å². The summed E-state index contributed by atoms with van der Waals surface area (Å²) < 4.78 is 68.1. The summed E-state index contributed by atoms with van der Waals surface area (Å²) in [6.45, 7) is -0.734. The molecular weight excluding hydrogens is 211 g/mol. The van der Waals surface area contributed by atoms with Gasteiger partial charge in [-0.3, -0.25) is 4.74 Å². The monoisotopic (exact) mass is 220 g/mol. The predicted octanol–water partition coefficient (Wildman–Crippen LogP) is 2.36. The van der Waals surface area contributed by atoms with E-state index in [0.717, 1.165) is 6.08 Å². The molecule has 2 nitrogen and oxygen atoms in total. The number of alkyl halides is 5. The van der Waals surface area contributed by atoms with Gasteiger partial charge in [-0.25, -0.2) is 4.39 Å². The average Bonchev–Trinajstić information content (AvgIpc) is 2.04. The topological polar surface area (TPSA) is 18.5 Å². The second kappa shape index (κ2) is 5.26. The molecule has 0 aromatic rings. The lowest BCUT2D eigenvalue weighted by atomic mass is 10.3. The van der Waals surface area contributed by atoms with E-state index in [2.05, 4.69) is 16.1 Å². The van der Waals surface area contributed by atoms with Crippen molar-refractivity contribution >= 4 is 0 Å². The van der Waals surface area contributed by atoms with E-state index >= 15 is 0 Å². The van der Waals surface area contributed by atoms with Gasteiger partial charge in [-0.15, -0.1) is 6.58 Å². The van der Waals surface area contributed by atoms with Crippen LogP contribution in [0.15, 0.2) is 12.7 Å². The van der Waals surface area contributed by atoms with Crippen molar-refractivity contribution in [3.8, 4) is 0 Å². The third-order valence-electron chi connectivity index (χ3n) is 1.18. The lowest BCUT2D eigenvalue weighted by Gasteiger charge is -2.24. The summed E-state index contributed by atoms with van der Waals surface area (Å²) in [5.74, 6) is -4.57. The summed E-state index contributed by atoms with van der Waals surface area (Å²) in [5, 5.41) is 0. The van der Waals surface area contributed by atoms with Crippen molar-refractivity contribution in [1.29, 1.82) is 0 Å². The van der Waals surface area contributed by atoms with Crippen molar-refractivity contribution in [3.63, 3.8) is 0 Å². The zero-order chi connectivity index (χ0) is 11.2. The van der Waals surface area contributed by atoms with E-state index in [1.807, 2.05) is 0 Å². The molecule has 0 spiro atoms. The summed E-state index contributed by atoms with van der Waals surface area (Å²) in [6, 6.07) is 0. The number of ether oxygens (including phenoxy) is 2. The molecule has 0 atom stereocenters. The Labute approximate surface area is 77.3 Å². The Bertz CT molecular complexity index is 183. The number of halogens is 5. The molecule has 0 aromatic heterocycles. The third-order valence-corrected chi connectivity index (χ3v) is 1.18. The Hall–Kier alpha value is -0.690. The van der Waals surface area contributed by atoms with Gasteiger partial charge in [-0.05, 0) is 0 Å². The highest BCUT2D eigenvalue weighted by Crippen LogP contribution is 2.35. The molecule has 0 bridgehead atoms. The van der Waals surface area contributed by atoms with Crippen molar-refractivity contribution in [2.75, 3.05) is 20.1 Å². The van der Waals surface area contributed by atoms with Gasteiger partial charge in [0.15, 0.2) is 6.86 Å². The molecule has 0 saturated heterocycles. The molecule has 0 heterocycles. The van der Waals surface area contributed by atoms with Crippen LogP contribution < -0.4 is 0 Å². The summed E-state index contributed by atoms with van der Waals surface area (Å²) >= 11 is 0. The first kappa shape index (κ1) is 13.3. The zero-order valence-corrected chi connectivity index (χ0v) is 7.11. The lowest BCUT2D eigenvalue weighted by molar-refractivity contribution is -0.364. The van der Waals surface area contributed by atoms with Crippen LogP contribution in [0.3, 0.4) is 0 Å². The SMILES string of the molecule is C=CCOCC(F)(F)C(F)(F)OCF. The molecule has 0 radical (unpaired) electrons. The Balaban J connectivity index is 4.19.